The Hall–Kier alpha value is -1.90. The number of amides is 1. The van der Waals surface area contributed by atoms with Gasteiger partial charge in [-0.1, -0.05) is 12.1 Å². The highest BCUT2D eigenvalue weighted by Gasteiger charge is 2.34. The predicted octanol–water partition coefficient (Wildman–Crippen LogP) is 3.10. The summed E-state index contributed by atoms with van der Waals surface area (Å²) in [4.78, 5) is 13.6. The van der Waals surface area contributed by atoms with Crippen molar-refractivity contribution in [3.05, 3.63) is 41.3 Å². The van der Waals surface area contributed by atoms with Crippen LogP contribution in [0.2, 0.25) is 0 Å². The first kappa shape index (κ1) is 18.9. The molecule has 1 amide bonds. The van der Waals surface area contributed by atoms with E-state index in [1.165, 1.54) is 15.6 Å². The molecule has 0 spiro atoms. The quantitative estimate of drug-likeness (QED) is 0.845. The van der Waals surface area contributed by atoms with Gasteiger partial charge in [-0.2, -0.15) is 4.31 Å². The van der Waals surface area contributed by atoms with Crippen LogP contribution in [-0.2, 0) is 14.8 Å². The molecule has 140 valence electrons. The molecule has 1 aliphatic heterocycles. The fraction of sp³-hybridized carbons (Fsp3) is 0.389. The fourth-order valence-corrected chi connectivity index (χ4v) is 6.00. The zero-order chi connectivity index (χ0) is 18.7. The summed E-state index contributed by atoms with van der Waals surface area (Å²) in [5, 5.41) is 2.86. The number of rotatable bonds is 5. The van der Waals surface area contributed by atoms with Gasteiger partial charge in [0.2, 0.25) is 5.91 Å². The number of para-hydroxylation sites is 2. The lowest BCUT2D eigenvalue weighted by Gasteiger charge is -2.30. The van der Waals surface area contributed by atoms with Gasteiger partial charge in [0, 0.05) is 18.0 Å². The Balaban J connectivity index is 1.73. The van der Waals surface area contributed by atoms with E-state index in [2.05, 4.69) is 5.32 Å². The van der Waals surface area contributed by atoms with Crippen LogP contribution in [-0.4, -0.2) is 38.8 Å². The summed E-state index contributed by atoms with van der Waals surface area (Å²) in [6.45, 7) is 2.52. The van der Waals surface area contributed by atoms with Crippen molar-refractivity contribution in [1.82, 2.24) is 4.31 Å². The van der Waals surface area contributed by atoms with Crippen LogP contribution in [0.4, 0.5) is 5.69 Å². The lowest BCUT2D eigenvalue weighted by molar-refractivity contribution is -0.120. The summed E-state index contributed by atoms with van der Waals surface area (Å²) in [7, 11) is -2.00. The highest BCUT2D eigenvalue weighted by atomic mass is 32.2. The number of nitrogens with one attached hydrogen (secondary N) is 1. The summed E-state index contributed by atoms with van der Waals surface area (Å²) < 4.78 is 32.6. The number of nitrogens with zero attached hydrogens (tertiary/aromatic N) is 1. The minimum atomic E-state index is -3.55. The molecule has 1 N–H and O–H groups in total. The molecular formula is C18H22N2O4S2. The van der Waals surface area contributed by atoms with Gasteiger partial charge < -0.3 is 10.1 Å². The zero-order valence-electron chi connectivity index (χ0n) is 14.8. The SMILES string of the molecule is COc1ccccc1NC(=O)[C@@H]1CCCN(S(=O)(=O)c2ccc(C)s2)C1. The maximum Gasteiger partial charge on any atom is 0.252 e. The summed E-state index contributed by atoms with van der Waals surface area (Å²) in [6.07, 6.45) is 1.32. The highest BCUT2D eigenvalue weighted by Crippen LogP contribution is 2.29. The van der Waals surface area contributed by atoms with Crippen LogP contribution < -0.4 is 10.1 Å². The monoisotopic (exact) mass is 394 g/mol. The van der Waals surface area contributed by atoms with Gasteiger partial charge in [0.05, 0.1) is 18.7 Å². The molecule has 1 atom stereocenters. The first-order valence-corrected chi connectivity index (χ1v) is 10.7. The topological polar surface area (TPSA) is 75.7 Å². The fourth-order valence-electron chi connectivity index (χ4n) is 3.04. The van der Waals surface area contributed by atoms with Gasteiger partial charge in [-0.15, -0.1) is 11.3 Å². The minimum Gasteiger partial charge on any atom is -0.495 e. The van der Waals surface area contributed by atoms with Crippen LogP contribution >= 0.6 is 11.3 Å². The molecule has 0 unspecified atom stereocenters. The van der Waals surface area contributed by atoms with Crippen LogP contribution in [0.5, 0.6) is 5.75 Å². The number of benzene rings is 1. The average molecular weight is 395 g/mol. The number of carbonyl (C=O) groups is 1. The average Bonchev–Trinajstić information content (AvgIpc) is 3.09. The van der Waals surface area contributed by atoms with E-state index in [1.54, 1.807) is 31.4 Å². The summed E-state index contributed by atoms with van der Waals surface area (Å²) in [5.41, 5.74) is 0.592. The molecule has 0 radical (unpaired) electrons. The van der Waals surface area contributed by atoms with Gasteiger partial charge in [-0.05, 0) is 44.0 Å². The second kappa shape index (κ2) is 7.77. The summed E-state index contributed by atoms with van der Waals surface area (Å²) in [5.74, 6) is 0.0106. The number of ether oxygens (including phenoxy) is 1. The van der Waals surface area contributed by atoms with E-state index in [0.29, 0.717) is 35.0 Å². The van der Waals surface area contributed by atoms with Crippen molar-refractivity contribution < 1.29 is 17.9 Å². The Morgan fingerprint density at radius 2 is 2.04 bits per heavy atom. The van der Waals surface area contributed by atoms with E-state index in [9.17, 15) is 13.2 Å². The molecule has 1 aromatic carbocycles. The number of carbonyl (C=O) groups excluding carboxylic acids is 1. The maximum atomic E-state index is 12.8. The lowest BCUT2D eigenvalue weighted by Crippen LogP contribution is -2.43. The Morgan fingerprint density at radius 1 is 1.27 bits per heavy atom. The minimum absolute atomic E-state index is 0.184. The van der Waals surface area contributed by atoms with Crippen LogP contribution in [0.3, 0.4) is 0 Å². The largest absolute Gasteiger partial charge is 0.495 e. The van der Waals surface area contributed by atoms with E-state index in [0.717, 1.165) is 4.88 Å². The molecule has 1 aromatic heterocycles. The van der Waals surface area contributed by atoms with Crippen LogP contribution in [0.15, 0.2) is 40.6 Å². The van der Waals surface area contributed by atoms with Crippen molar-refractivity contribution in [2.75, 3.05) is 25.5 Å². The molecule has 2 heterocycles. The Kier molecular flexibility index (Phi) is 5.64. The maximum absolute atomic E-state index is 12.8. The predicted molar refractivity (Wildman–Crippen MR) is 102 cm³/mol. The molecule has 26 heavy (non-hydrogen) atoms. The van der Waals surface area contributed by atoms with Gasteiger partial charge in [-0.25, -0.2) is 8.42 Å². The van der Waals surface area contributed by atoms with Gasteiger partial charge in [0.1, 0.15) is 9.96 Å². The highest BCUT2D eigenvalue weighted by molar-refractivity contribution is 7.91. The van der Waals surface area contributed by atoms with Crippen molar-refractivity contribution >= 4 is 33.0 Å². The number of aryl methyl sites for hydroxylation is 1. The Morgan fingerprint density at radius 3 is 2.73 bits per heavy atom. The smallest absolute Gasteiger partial charge is 0.252 e. The molecule has 0 bridgehead atoms. The van der Waals surface area contributed by atoms with Gasteiger partial charge in [-0.3, -0.25) is 4.79 Å². The number of sulfonamides is 1. The summed E-state index contributed by atoms with van der Waals surface area (Å²) in [6, 6.07) is 10.6. The van der Waals surface area contributed by atoms with E-state index in [4.69, 9.17) is 4.74 Å². The molecular weight excluding hydrogens is 372 g/mol. The molecule has 1 saturated heterocycles. The lowest BCUT2D eigenvalue weighted by atomic mass is 9.98. The molecule has 6 nitrogen and oxygen atoms in total. The van der Waals surface area contributed by atoms with Crippen LogP contribution in [0.1, 0.15) is 17.7 Å². The van der Waals surface area contributed by atoms with E-state index in [1.807, 2.05) is 19.1 Å². The third-order valence-corrected chi connectivity index (χ3v) is 7.76. The van der Waals surface area contributed by atoms with Crippen molar-refractivity contribution in [3.63, 3.8) is 0 Å². The number of hydrogen-bond acceptors (Lipinski definition) is 5. The standard InChI is InChI=1S/C18H22N2O4S2/c1-13-9-10-17(25-13)26(22,23)20-11-5-6-14(12-20)18(21)19-15-7-3-4-8-16(15)24-2/h3-4,7-10,14H,5-6,11-12H2,1-2H3,(H,19,21)/t14-/m1/s1. The van der Waals surface area contributed by atoms with Crippen molar-refractivity contribution in [2.45, 2.75) is 24.0 Å². The Labute approximate surface area is 157 Å². The van der Waals surface area contributed by atoms with Crippen molar-refractivity contribution in [2.24, 2.45) is 5.92 Å². The number of methoxy groups -OCH3 is 1. The first-order chi connectivity index (χ1) is 12.4. The third-order valence-electron chi connectivity index (χ3n) is 4.43. The number of piperidine rings is 1. The van der Waals surface area contributed by atoms with E-state index < -0.39 is 10.0 Å². The van der Waals surface area contributed by atoms with Crippen molar-refractivity contribution in [3.8, 4) is 5.75 Å². The number of hydrogen-bond donors (Lipinski definition) is 1. The molecule has 1 fully saturated rings. The molecule has 1 aliphatic rings. The molecule has 3 rings (SSSR count). The van der Waals surface area contributed by atoms with E-state index in [-0.39, 0.29) is 18.4 Å². The zero-order valence-corrected chi connectivity index (χ0v) is 16.4. The normalized spacial score (nSPS) is 18.5. The second-order valence-electron chi connectivity index (χ2n) is 6.26. The first-order valence-electron chi connectivity index (χ1n) is 8.42. The molecule has 0 aliphatic carbocycles. The third kappa shape index (κ3) is 3.92. The van der Waals surface area contributed by atoms with Gasteiger partial charge >= 0.3 is 0 Å². The van der Waals surface area contributed by atoms with Gasteiger partial charge in [0.25, 0.3) is 10.0 Å². The van der Waals surface area contributed by atoms with Crippen LogP contribution in [0, 0.1) is 12.8 Å². The molecule has 2 aromatic rings. The number of anilines is 1. The molecule has 8 heteroatoms. The van der Waals surface area contributed by atoms with E-state index >= 15 is 0 Å². The molecule has 0 saturated carbocycles. The van der Waals surface area contributed by atoms with Crippen molar-refractivity contribution in [1.29, 1.82) is 0 Å². The second-order valence-corrected chi connectivity index (χ2v) is 9.71. The summed E-state index contributed by atoms with van der Waals surface area (Å²) >= 11 is 1.26. The Bertz CT molecular complexity index is 892. The van der Waals surface area contributed by atoms with Gasteiger partial charge in [0.15, 0.2) is 0 Å². The number of thiophene rings is 1. The van der Waals surface area contributed by atoms with Crippen LogP contribution in [0.25, 0.3) is 0 Å².